The number of nitrogens with zero attached hydrogens (tertiary/aromatic N) is 2. The lowest BCUT2D eigenvalue weighted by molar-refractivity contribution is -0.134. The van der Waals surface area contributed by atoms with E-state index in [0.717, 1.165) is 5.56 Å². The van der Waals surface area contributed by atoms with Crippen molar-refractivity contribution < 1.29 is 18.4 Å². The molecule has 1 aromatic heterocycles. The highest BCUT2D eigenvalue weighted by molar-refractivity contribution is 7.12. The van der Waals surface area contributed by atoms with Gasteiger partial charge in [0, 0.05) is 25.6 Å². The van der Waals surface area contributed by atoms with Gasteiger partial charge in [0.2, 0.25) is 5.91 Å². The first-order valence-corrected chi connectivity index (χ1v) is 11.0. The Labute approximate surface area is 179 Å². The minimum atomic E-state index is -2.36. The fourth-order valence-electron chi connectivity index (χ4n) is 3.80. The van der Waals surface area contributed by atoms with Crippen molar-refractivity contribution in [3.05, 3.63) is 58.3 Å². The van der Waals surface area contributed by atoms with Crippen LogP contribution in [-0.4, -0.2) is 66.8 Å². The van der Waals surface area contributed by atoms with E-state index in [2.05, 4.69) is 5.32 Å². The van der Waals surface area contributed by atoms with E-state index < -0.39 is 12.5 Å². The van der Waals surface area contributed by atoms with E-state index in [-0.39, 0.29) is 24.4 Å². The molecule has 0 bridgehead atoms. The van der Waals surface area contributed by atoms with Gasteiger partial charge < -0.3 is 10.2 Å². The summed E-state index contributed by atoms with van der Waals surface area (Å²) in [6.45, 7) is 0.737. The number of benzene rings is 1. The van der Waals surface area contributed by atoms with Crippen molar-refractivity contribution in [2.45, 2.75) is 37.8 Å². The molecule has 1 N–H and O–H groups in total. The van der Waals surface area contributed by atoms with Gasteiger partial charge in [-0.2, -0.15) is 0 Å². The molecule has 2 aromatic rings. The van der Waals surface area contributed by atoms with Crippen molar-refractivity contribution in [3.63, 3.8) is 0 Å². The van der Waals surface area contributed by atoms with Gasteiger partial charge in [-0.05, 0) is 36.9 Å². The molecule has 1 atom stereocenters. The molecule has 0 aliphatic carbocycles. The van der Waals surface area contributed by atoms with Crippen LogP contribution in [0.25, 0.3) is 0 Å². The first kappa shape index (κ1) is 22.4. The summed E-state index contributed by atoms with van der Waals surface area (Å²) < 4.78 is 25.3. The number of hydrogen-bond acceptors (Lipinski definition) is 4. The molecule has 1 aromatic carbocycles. The molecule has 1 saturated heterocycles. The van der Waals surface area contributed by atoms with Gasteiger partial charge in [-0.3, -0.25) is 14.5 Å². The largest absolute Gasteiger partial charge is 0.341 e. The van der Waals surface area contributed by atoms with Crippen LogP contribution in [0.15, 0.2) is 47.8 Å². The highest BCUT2D eigenvalue weighted by atomic mass is 32.1. The van der Waals surface area contributed by atoms with Gasteiger partial charge in [0.15, 0.2) is 0 Å². The maximum absolute atomic E-state index is 13.2. The maximum atomic E-state index is 13.2. The number of amides is 2. The number of nitrogens with one attached hydrogen (secondary N) is 1. The third kappa shape index (κ3) is 6.09. The number of thiophene rings is 1. The number of rotatable bonds is 8. The molecule has 5 nitrogen and oxygen atoms in total. The van der Waals surface area contributed by atoms with Crippen LogP contribution >= 0.6 is 11.3 Å². The van der Waals surface area contributed by atoms with Gasteiger partial charge in [0.25, 0.3) is 12.3 Å². The number of halogens is 2. The second kappa shape index (κ2) is 10.6. The molecule has 0 radical (unpaired) electrons. The van der Waals surface area contributed by atoms with Gasteiger partial charge in [0.05, 0.1) is 11.4 Å². The lowest BCUT2D eigenvalue weighted by Crippen LogP contribution is -2.53. The highest BCUT2D eigenvalue weighted by Gasteiger charge is 2.31. The van der Waals surface area contributed by atoms with Crippen molar-refractivity contribution in [3.8, 4) is 0 Å². The fraction of sp³-hybridized carbons (Fsp3) is 0.455. The molecular weight excluding hydrogens is 408 g/mol. The Bertz CT molecular complexity index is 809. The van der Waals surface area contributed by atoms with E-state index in [1.165, 1.54) is 11.3 Å². The van der Waals surface area contributed by atoms with Gasteiger partial charge in [0.1, 0.15) is 6.04 Å². The maximum Gasteiger partial charge on any atom is 0.262 e. The standard InChI is InChI=1S/C22H27F2N3O2S/c1-26(15-20(23)24)17-9-11-27(12-10-17)22(29)18(14-16-6-3-2-4-7-16)25-21(28)19-8-5-13-30-19/h2-8,13,17-18,20H,9-12,14-15H2,1H3,(H,25,28). The van der Waals surface area contributed by atoms with Crippen LogP contribution in [0, 0.1) is 0 Å². The summed E-state index contributed by atoms with van der Waals surface area (Å²) in [5.74, 6) is -0.385. The molecule has 162 valence electrons. The first-order valence-electron chi connectivity index (χ1n) is 10.1. The second-order valence-electron chi connectivity index (χ2n) is 7.58. The van der Waals surface area contributed by atoms with Crippen LogP contribution in [0.5, 0.6) is 0 Å². The van der Waals surface area contributed by atoms with E-state index in [0.29, 0.717) is 37.2 Å². The molecule has 0 saturated carbocycles. The Morgan fingerprint density at radius 1 is 1.17 bits per heavy atom. The molecule has 1 fully saturated rings. The summed E-state index contributed by atoms with van der Waals surface area (Å²) in [5.41, 5.74) is 0.967. The zero-order chi connectivity index (χ0) is 21.5. The Morgan fingerprint density at radius 2 is 1.87 bits per heavy atom. The zero-order valence-electron chi connectivity index (χ0n) is 17.0. The molecule has 1 aliphatic rings. The van der Waals surface area contributed by atoms with Crippen molar-refractivity contribution >= 4 is 23.2 Å². The van der Waals surface area contributed by atoms with E-state index >= 15 is 0 Å². The van der Waals surface area contributed by atoms with Gasteiger partial charge in [-0.15, -0.1) is 11.3 Å². The SMILES string of the molecule is CN(CC(F)F)C1CCN(C(=O)C(Cc2ccccc2)NC(=O)c2cccs2)CC1. The van der Waals surface area contributed by atoms with E-state index in [1.54, 1.807) is 29.0 Å². The van der Waals surface area contributed by atoms with E-state index in [1.807, 2.05) is 35.7 Å². The third-order valence-corrected chi connectivity index (χ3v) is 6.33. The minimum Gasteiger partial charge on any atom is -0.341 e. The molecule has 2 heterocycles. The monoisotopic (exact) mass is 435 g/mol. The number of alkyl halides is 2. The summed E-state index contributed by atoms with van der Waals surface area (Å²) >= 11 is 1.33. The Morgan fingerprint density at radius 3 is 2.47 bits per heavy atom. The van der Waals surface area contributed by atoms with Crippen molar-refractivity contribution in [2.75, 3.05) is 26.7 Å². The van der Waals surface area contributed by atoms with Crippen molar-refractivity contribution in [1.29, 1.82) is 0 Å². The summed E-state index contributed by atoms with van der Waals surface area (Å²) in [4.78, 5) is 29.8. The fourth-order valence-corrected chi connectivity index (χ4v) is 4.43. The summed E-state index contributed by atoms with van der Waals surface area (Å²) in [7, 11) is 1.70. The molecule has 30 heavy (non-hydrogen) atoms. The van der Waals surface area contributed by atoms with Crippen LogP contribution < -0.4 is 5.32 Å². The van der Waals surface area contributed by atoms with Gasteiger partial charge >= 0.3 is 0 Å². The molecule has 8 heteroatoms. The number of hydrogen-bond donors (Lipinski definition) is 1. The lowest BCUT2D eigenvalue weighted by Gasteiger charge is -2.38. The zero-order valence-corrected chi connectivity index (χ0v) is 17.8. The molecular formula is C22H27F2N3O2S. The predicted molar refractivity (Wildman–Crippen MR) is 114 cm³/mol. The minimum absolute atomic E-state index is 0.0383. The van der Waals surface area contributed by atoms with Crippen molar-refractivity contribution in [1.82, 2.24) is 15.1 Å². The Hall–Kier alpha value is -2.32. The summed E-state index contributed by atoms with van der Waals surface area (Å²) in [6.07, 6.45) is -0.669. The van der Waals surface area contributed by atoms with Crippen LogP contribution in [-0.2, 0) is 11.2 Å². The van der Waals surface area contributed by atoms with Crippen LogP contribution in [0.3, 0.4) is 0 Å². The quantitative estimate of drug-likeness (QED) is 0.693. The van der Waals surface area contributed by atoms with Crippen LogP contribution in [0.1, 0.15) is 28.1 Å². The molecule has 1 aliphatic heterocycles. The smallest absolute Gasteiger partial charge is 0.262 e. The first-order chi connectivity index (χ1) is 14.4. The number of likely N-dealkylation sites (tertiary alicyclic amines) is 1. The van der Waals surface area contributed by atoms with E-state index in [4.69, 9.17) is 0 Å². The molecule has 0 spiro atoms. The molecule has 1 unspecified atom stereocenters. The Balaban J connectivity index is 1.65. The number of carbonyl (C=O) groups excluding carboxylic acids is 2. The van der Waals surface area contributed by atoms with Gasteiger partial charge in [-0.1, -0.05) is 36.4 Å². The summed E-state index contributed by atoms with van der Waals surface area (Å²) in [5, 5.41) is 4.72. The average Bonchev–Trinajstić information content (AvgIpc) is 3.28. The topological polar surface area (TPSA) is 52.6 Å². The average molecular weight is 436 g/mol. The molecule has 2 amide bonds. The predicted octanol–water partition coefficient (Wildman–Crippen LogP) is 3.28. The Kier molecular flexibility index (Phi) is 7.93. The van der Waals surface area contributed by atoms with Crippen molar-refractivity contribution in [2.24, 2.45) is 0 Å². The highest BCUT2D eigenvalue weighted by Crippen LogP contribution is 2.18. The lowest BCUT2D eigenvalue weighted by atomic mass is 10.0. The van der Waals surface area contributed by atoms with E-state index in [9.17, 15) is 18.4 Å². The summed E-state index contributed by atoms with van der Waals surface area (Å²) in [6, 6.07) is 12.5. The number of carbonyl (C=O) groups is 2. The third-order valence-electron chi connectivity index (χ3n) is 5.46. The molecule has 3 rings (SSSR count). The number of piperidine rings is 1. The van der Waals surface area contributed by atoms with Crippen LogP contribution in [0.2, 0.25) is 0 Å². The van der Waals surface area contributed by atoms with Gasteiger partial charge in [-0.25, -0.2) is 8.78 Å². The van der Waals surface area contributed by atoms with Crippen LogP contribution in [0.4, 0.5) is 8.78 Å². The normalized spacial score (nSPS) is 16.1. The second-order valence-corrected chi connectivity index (χ2v) is 8.53.